The van der Waals surface area contributed by atoms with Crippen LogP contribution in [0.1, 0.15) is 12.8 Å². The van der Waals surface area contributed by atoms with Crippen molar-refractivity contribution in [3.63, 3.8) is 0 Å². The molecule has 0 N–H and O–H groups in total. The van der Waals surface area contributed by atoms with E-state index in [9.17, 15) is 8.78 Å². The minimum Gasteiger partial charge on any atom is -0.381 e. The highest BCUT2D eigenvalue weighted by molar-refractivity contribution is 4.41. The maximum absolute atomic E-state index is 11.4. The van der Waals surface area contributed by atoms with Crippen LogP contribution in [0.2, 0.25) is 0 Å². The van der Waals surface area contributed by atoms with E-state index in [1.54, 1.807) is 0 Å². The number of halogens is 2. The van der Waals surface area contributed by atoms with Gasteiger partial charge >= 0.3 is 0 Å². The van der Waals surface area contributed by atoms with Crippen LogP contribution in [-0.2, 0) is 4.74 Å². The van der Waals surface area contributed by atoms with E-state index in [4.69, 9.17) is 4.74 Å². The average molecular weight is 137 g/mol. The number of hydrogen-bond donors (Lipinski definition) is 0. The molecule has 0 aromatic rings. The Kier molecular flexibility index (Phi) is 5.83. The predicted molar refractivity (Wildman–Crippen MR) is 31.4 cm³/mol. The molecule has 0 saturated carbocycles. The van der Waals surface area contributed by atoms with Crippen LogP contribution in [-0.4, -0.2) is 19.6 Å². The second-order valence-corrected chi connectivity index (χ2v) is 1.65. The van der Waals surface area contributed by atoms with Gasteiger partial charge in [-0.25, -0.2) is 8.78 Å². The van der Waals surface area contributed by atoms with Gasteiger partial charge < -0.3 is 4.74 Å². The molecule has 0 unspecified atom stereocenters. The molecule has 0 aromatic carbocycles. The molecule has 0 aliphatic carbocycles. The van der Waals surface area contributed by atoms with E-state index in [-0.39, 0.29) is 6.42 Å². The fourth-order valence-corrected chi connectivity index (χ4v) is 0.442. The van der Waals surface area contributed by atoms with Crippen LogP contribution >= 0.6 is 0 Å². The molecular weight excluding hydrogens is 126 g/mol. The third kappa shape index (κ3) is 7.82. The fraction of sp³-hybridized carbons (Fsp3) is 0.833. The zero-order valence-corrected chi connectivity index (χ0v) is 5.28. The molecule has 0 saturated heterocycles. The largest absolute Gasteiger partial charge is 0.381 e. The Morgan fingerprint density at radius 3 is 2.56 bits per heavy atom. The Morgan fingerprint density at radius 2 is 2.11 bits per heavy atom. The van der Waals surface area contributed by atoms with E-state index < -0.39 is 6.43 Å². The van der Waals surface area contributed by atoms with Crippen molar-refractivity contribution in [1.82, 2.24) is 0 Å². The Balaban J connectivity index is 2.75. The first-order valence-corrected chi connectivity index (χ1v) is 2.92. The standard InChI is InChI=1S/C6H11F2O/c1-2-9-5-3-4-6(7)8/h6H,1-5H2. The third-order valence-electron chi connectivity index (χ3n) is 0.855. The summed E-state index contributed by atoms with van der Waals surface area (Å²) in [6, 6.07) is 0. The van der Waals surface area contributed by atoms with Gasteiger partial charge in [-0.1, -0.05) is 0 Å². The van der Waals surface area contributed by atoms with Crippen LogP contribution in [0, 0.1) is 6.92 Å². The van der Waals surface area contributed by atoms with Gasteiger partial charge in [0.15, 0.2) is 0 Å². The highest BCUT2D eigenvalue weighted by atomic mass is 19.3. The first-order chi connectivity index (χ1) is 4.27. The van der Waals surface area contributed by atoms with E-state index in [0.29, 0.717) is 19.6 Å². The Hall–Kier alpha value is -0.180. The smallest absolute Gasteiger partial charge is 0.238 e. The summed E-state index contributed by atoms with van der Waals surface area (Å²) < 4.78 is 27.5. The second kappa shape index (κ2) is 5.95. The van der Waals surface area contributed by atoms with Crippen LogP contribution in [0.25, 0.3) is 0 Å². The normalized spacial score (nSPS) is 10.7. The van der Waals surface area contributed by atoms with Gasteiger partial charge in [0.1, 0.15) is 0 Å². The van der Waals surface area contributed by atoms with Crippen LogP contribution in [0.4, 0.5) is 8.78 Å². The van der Waals surface area contributed by atoms with E-state index in [0.717, 1.165) is 0 Å². The van der Waals surface area contributed by atoms with E-state index in [2.05, 4.69) is 6.92 Å². The van der Waals surface area contributed by atoms with Crippen LogP contribution in [0.5, 0.6) is 0 Å². The van der Waals surface area contributed by atoms with Crippen molar-refractivity contribution in [2.75, 3.05) is 13.2 Å². The Labute approximate surface area is 54.0 Å². The van der Waals surface area contributed by atoms with Gasteiger partial charge in [0.2, 0.25) is 6.43 Å². The maximum atomic E-state index is 11.4. The quantitative estimate of drug-likeness (QED) is 0.526. The minimum atomic E-state index is -2.20. The maximum Gasteiger partial charge on any atom is 0.238 e. The zero-order chi connectivity index (χ0) is 7.11. The molecule has 1 radical (unpaired) electrons. The highest BCUT2D eigenvalue weighted by Crippen LogP contribution is 2.01. The Bertz CT molecular complexity index is 57.0. The van der Waals surface area contributed by atoms with E-state index in [1.165, 1.54) is 0 Å². The summed E-state index contributed by atoms with van der Waals surface area (Å²) in [5, 5.41) is 0. The van der Waals surface area contributed by atoms with Crippen molar-refractivity contribution in [3.05, 3.63) is 6.92 Å². The van der Waals surface area contributed by atoms with Crippen LogP contribution < -0.4 is 0 Å². The summed E-state index contributed by atoms with van der Waals surface area (Å²) in [6.45, 7) is 4.15. The molecular formula is C6H11F2O. The summed E-state index contributed by atoms with van der Waals surface area (Å²) in [5.74, 6) is 0. The molecule has 0 aliphatic heterocycles. The van der Waals surface area contributed by atoms with Gasteiger partial charge in [-0.3, -0.25) is 0 Å². The first-order valence-electron chi connectivity index (χ1n) is 2.92. The van der Waals surface area contributed by atoms with Gasteiger partial charge in [0.05, 0.1) is 0 Å². The summed E-state index contributed by atoms with van der Waals surface area (Å²) in [5.41, 5.74) is 0. The average Bonchev–Trinajstić information content (AvgIpc) is 1.80. The second-order valence-electron chi connectivity index (χ2n) is 1.65. The Morgan fingerprint density at radius 1 is 1.44 bits per heavy atom. The zero-order valence-electron chi connectivity index (χ0n) is 5.28. The predicted octanol–water partition coefficient (Wildman–Crippen LogP) is 1.88. The van der Waals surface area contributed by atoms with Crippen LogP contribution in [0.15, 0.2) is 0 Å². The number of rotatable bonds is 5. The lowest BCUT2D eigenvalue weighted by molar-refractivity contribution is 0.104. The van der Waals surface area contributed by atoms with Crippen molar-refractivity contribution in [1.29, 1.82) is 0 Å². The topological polar surface area (TPSA) is 9.23 Å². The molecule has 0 bridgehead atoms. The summed E-state index contributed by atoms with van der Waals surface area (Å²) >= 11 is 0. The van der Waals surface area contributed by atoms with Crippen molar-refractivity contribution < 1.29 is 13.5 Å². The number of hydrogen-bond acceptors (Lipinski definition) is 1. The molecule has 0 spiro atoms. The molecule has 0 heterocycles. The molecule has 0 aliphatic rings. The molecule has 0 atom stereocenters. The summed E-state index contributed by atoms with van der Waals surface area (Å²) in [7, 11) is 0. The van der Waals surface area contributed by atoms with Crippen molar-refractivity contribution in [3.8, 4) is 0 Å². The lowest BCUT2D eigenvalue weighted by atomic mass is 10.3. The lowest BCUT2D eigenvalue weighted by Crippen LogP contribution is -1.97. The van der Waals surface area contributed by atoms with Crippen molar-refractivity contribution in [2.45, 2.75) is 19.3 Å². The SMILES string of the molecule is [CH2]COCCCC(F)F. The molecule has 0 aromatic heterocycles. The van der Waals surface area contributed by atoms with Gasteiger partial charge in [0, 0.05) is 19.6 Å². The van der Waals surface area contributed by atoms with Gasteiger partial charge in [-0.15, -0.1) is 0 Å². The fourth-order valence-electron chi connectivity index (χ4n) is 0.442. The molecule has 3 heteroatoms. The van der Waals surface area contributed by atoms with Gasteiger partial charge in [-0.05, 0) is 13.3 Å². The highest BCUT2D eigenvalue weighted by Gasteiger charge is 1.99. The molecule has 55 valence electrons. The first kappa shape index (κ1) is 8.82. The van der Waals surface area contributed by atoms with Crippen molar-refractivity contribution in [2.24, 2.45) is 0 Å². The van der Waals surface area contributed by atoms with Gasteiger partial charge in [-0.2, -0.15) is 0 Å². The monoisotopic (exact) mass is 137 g/mol. The van der Waals surface area contributed by atoms with Crippen LogP contribution in [0.3, 0.4) is 0 Å². The minimum absolute atomic E-state index is 0.0694. The lowest BCUT2D eigenvalue weighted by Gasteiger charge is -1.98. The summed E-state index contributed by atoms with van der Waals surface area (Å²) in [4.78, 5) is 0. The van der Waals surface area contributed by atoms with Crippen molar-refractivity contribution >= 4 is 0 Å². The van der Waals surface area contributed by atoms with E-state index >= 15 is 0 Å². The van der Waals surface area contributed by atoms with E-state index in [1.807, 2.05) is 0 Å². The summed E-state index contributed by atoms with van der Waals surface area (Å²) in [6.07, 6.45) is -1.84. The molecule has 0 amide bonds. The number of ether oxygens (including phenoxy) is 1. The molecule has 0 rings (SSSR count). The molecule has 9 heavy (non-hydrogen) atoms. The van der Waals surface area contributed by atoms with Gasteiger partial charge in [0.25, 0.3) is 0 Å². The number of alkyl halides is 2. The molecule has 0 fully saturated rings. The third-order valence-corrected chi connectivity index (χ3v) is 0.855. The molecule has 1 nitrogen and oxygen atoms in total.